The van der Waals surface area contributed by atoms with Crippen molar-refractivity contribution in [2.24, 2.45) is 5.73 Å². The molecule has 10 heteroatoms. The minimum atomic E-state index is -0.825. The van der Waals surface area contributed by atoms with E-state index in [1.807, 2.05) is 25.1 Å². The predicted molar refractivity (Wildman–Crippen MR) is 136 cm³/mol. The molecule has 2 aromatic carbocycles. The number of methoxy groups -OCH3 is 1. The van der Waals surface area contributed by atoms with Crippen molar-refractivity contribution < 1.29 is 28.5 Å². The van der Waals surface area contributed by atoms with Crippen LogP contribution in [0.25, 0.3) is 0 Å². The quantitative estimate of drug-likeness (QED) is 0.457. The van der Waals surface area contributed by atoms with Crippen LogP contribution in [0.1, 0.15) is 30.9 Å². The lowest BCUT2D eigenvalue weighted by molar-refractivity contribution is -0.139. The van der Waals surface area contributed by atoms with Crippen LogP contribution in [0, 0.1) is 18.3 Å². The molecule has 36 heavy (non-hydrogen) atoms. The Morgan fingerprint density at radius 3 is 2.58 bits per heavy atom. The molecule has 0 fully saturated rings. The zero-order valence-electron chi connectivity index (χ0n) is 20.3. The number of carbonyl (C=O) groups excluding carboxylic acids is 2. The van der Waals surface area contributed by atoms with Crippen molar-refractivity contribution in [1.29, 1.82) is 5.26 Å². The molecule has 1 aliphatic rings. The molecule has 0 aliphatic carbocycles. The highest BCUT2D eigenvalue weighted by Crippen LogP contribution is 2.42. The van der Waals surface area contributed by atoms with Gasteiger partial charge >= 0.3 is 5.97 Å². The average Bonchev–Trinajstić information content (AvgIpc) is 2.84. The minimum Gasteiger partial charge on any atom is -0.493 e. The second kappa shape index (κ2) is 11.6. The van der Waals surface area contributed by atoms with Gasteiger partial charge in [-0.15, -0.1) is 0 Å². The second-order valence-electron chi connectivity index (χ2n) is 7.82. The number of halogens is 1. The molecule has 0 radical (unpaired) electrons. The highest BCUT2D eigenvalue weighted by molar-refractivity contribution is 9.10. The van der Waals surface area contributed by atoms with E-state index in [0.29, 0.717) is 22.7 Å². The molecule has 3 rings (SSSR count). The number of amides is 1. The number of esters is 1. The van der Waals surface area contributed by atoms with Crippen molar-refractivity contribution >= 4 is 33.5 Å². The maximum absolute atomic E-state index is 12.7. The number of rotatable bonds is 8. The fraction of sp³-hybridized carbons (Fsp3) is 0.269. The van der Waals surface area contributed by atoms with E-state index in [4.69, 9.17) is 24.7 Å². The lowest BCUT2D eigenvalue weighted by Gasteiger charge is -2.27. The van der Waals surface area contributed by atoms with Crippen molar-refractivity contribution in [3.8, 4) is 17.6 Å². The first-order chi connectivity index (χ1) is 17.2. The number of nitrogens with zero attached hydrogens (tertiary/aromatic N) is 1. The lowest BCUT2D eigenvalue weighted by Crippen LogP contribution is -2.25. The highest BCUT2D eigenvalue weighted by atomic mass is 79.9. The standard InChI is InChI=1S/C26H26BrN3O6/c1-5-34-26(32)23-15(3)36-25(29)18(12-28)24(23)16-6-9-20(21(11-16)33-4)35-13-22(31)30-19-8-7-17(27)10-14(19)2/h6-11,24H,5,13,29H2,1-4H3,(H,30,31). The van der Waals surface area contributed by atoms with E-state index in [2.05, 4.69) is 21.2 Å². The largest absolute Gasteiger partial charge is 0.493 e. The molecule has 0 saturated heterocycles. The van der Waals surface area contributed by atoms with Gasteiger partial charge in [-0.25, -0.2) is 4.79 Å². The summed E-state index contributed by atoms with van der Waals surface area (Å²) in [7, 11) is 1.45. The van der Waals surface area contributed by atoms with Crippen LogP contribution in [-0.4, -0.2) is 32.2 Å². The molecule has 1 unspecified atom stereocenters. The van der Waals surface area contributed by atoms with Crippen LogP contribution in [0.4, 0.5) is 5.69 Å². The molecule has 188 valence electrons. The first-order valence-corrected chi connectivity index (χ1v) is 11.8. The van der Waals surface area contributed by atoms with Gasteiger partial charge in [0.25, 0.3) is 5.91 Å². The van der Waals surface area contributed by atoms with E-state index >= 15 is 0 Å². The molecule has 3 N–H and O–H groups in total. The number of nitrogens with one attached hydrogen (secondary N) is 1. The molecule has 0 bridgehead atoms. The number of nitrogens with two attached hydrogens (primary N) is 1. The SMILES string of the molecule is CCOC(=O)C1=C(C)OC(N)=C(C#N)C1c1ccc(OCC(=O)Nc2ccc(Br)cc2C)c(OC)c1. The van der Waals surface area contributed by atoms with Crippen molar-refractivity contribution in [1.82, 2.24) is 0 Å². The van der Waals surface area contributed by atoms with Gasteiger partial charge in [0.05, 0.1) is 25.2 Å². The fourth-order valence-electron chi connectivity index (χ4n) is 3.77. The first-order valence-electron chi connectivity index (χ1n) is 11.0. The van der Waals surface area contributed by atoms with Crippen LogP contribution < -0.4 is 20.5 Å². The summed E-state index contributed by atoms with van der Waals surface area (Å²) in [5.74, 6) is -1.01. The molecule has 1 aliphatic heterocycles. The Labute approximate surface area is 217 Å². The number of carbonyl (C=O) groups is 2. The van der Waals surface area contributed by atoms with Gasteiger partial charge in [0, 0.05) is 10.2 Å². The highest BCUT2D eigenvalue weighted by Gasteiger charge is 2.36. The van der Waals surface area contributed by atoms with E-state index in [1.165, 1.54) is 7.11 Å². The molecular formula is C26H26BrN3O6. The topological polar surface area (TPSA) is 133 Å². The van der Waals surface area contributed by atoms with Gasteiger partial charge in [0.1, 0.15) is 17.4 Å². The van der Waals surface area contributed by atoms with Crippen LogP contribution in [0.2, 0.25) is 0 Å². The van der Waals surface area contributed by atoms with E-state index in [1.54, 1.807) is 38.1 Å². The Bertz CT molecular complexity index is 1300. The summed E-state index contributed by atoms with van der Waals surface area (Å²) in [6, 6.07) is 12.4. The summed E-state index contributed by atoms with van der Waals surface area (Å²) in [6.45, 7) is 5.05. The molecule has 2 aromatic rings. The normalized spacial score (nSPS) is 15.1. The van der Waals surface area contributed by atoms with Crippen molar-refractivity contribution in [3.63, 3.8) is 0 Å². The monoisotopic (exact) mass is 555 g/mol. The molecule has 1 atom stereocenters. The Kier molecular flexibility index (Phi) is 8.61. The molecule has 1 amide bonds. The second-order valence-corrected chi connectivity index (χ2v) is 8.74. The van der Waals surface area contributed by atoms with Crippen LogP contribution in [0.15, 0.2) is 63.7 Å². The number of nitriles is 1. The number of ether oxygens (including phenoxy) is 4. The van der Waals surface area contributed by atoms with E-state index < -0.39 is 11.9 Å². The molecule has 9 nitrogen and oxygen atoms in total. The fourth-order valence-corrected chi connectivity index (χ4v) is 4.24. The molecule has 0 spiro atoms. The van der Waals surface area contributed by atoms with E-state index in [0.717, 1.165) is 10.0 Å². The zero-order valence-corrected chi connectivity index (χ0v) is 21.9. The van der Waals surface area contributed by atoms with Gasteiger partial charge in [-0.2, -0.15) is 5.26 Å². The molecule has 0 saturated carbocycles. The summed E-state index contributed by atoms with van der Waals surface area (Å²) >= 11 is 3.39. The number of hydrogen-bond donors (Lipinski definition) is 2. The average molecular weight is 556 g/mol. The summed E-state index contributed by atoms with van der Waals surface area (Å²) in [6.07, 6.45) is 0. The van der Waals surface area contributed by atoms with Gasteiger partial charge in [-0.3, -0.25) is 4.79 Å². The molecular weight excluding hydrogens is 530 g/mol. The van der Waals surface area contributed by atoms with E-state index in [9.17, 15) is 14.9 Å². The summed E-state index contributed by atoms with van der Waals surface area (Å²) in [5, 5.41) is 12.6. The summed E-state index contributed by atoms with van der Waals surface area (Å²) < 4.78 is 22.7. The third kappa shape index (κ3) is 5.80. The van der Waals surface area contributed by atoms with Crippen LogP contribution in [0.3, 0.4) is 0 Å². The lowest BCUT2D eigenvalue weighted by atomic mass is 9.83. The maximum Gasteiger partial charge on any atom is 0.338 e. The van der Waals surface area contributed by atoms with Gasteiger partial charge < -0.3 is 30.0 Å². The van der Waals surface area contributed by atoms with Crippen LogP contribution in [0.5, 0.6) is 11.5 Å². The Hall–Kier alpha value is -3.97. The number of hydrogen-bond acceptors (Lipinski definition) is 8. The third-order valence-electron chi connectivity index (χ3n) is 5.44. The molecule has 0 aromatic heterocycles. The van der Waals surface area contributed by atoms with E-state index in [-0.39, 0.29) is 41.9 Å². The zero-order chi connectivity index (χ0) is 26.4. The summed E-state index contributed by atoms with van der Waals surface area (Å²) in [4.78, 5) is 25.2. The predicted octanol–water partition coefficient (Wildman–Crippen LogP) is 4.43. The smallest absolute Gasteiger partial charge is 0.338 e. The van der Waals surface area contributed by atoms with Gasteiger partial charge in [-0.1, -0.05) is 22.0 Å². The Morgan fingerprint density at radius 2 is 1.94 bits per heavy atom. The number of anilines is 1. The van der Waals surface area contributed by atoms with Crippen molar-refractivity contribution in [3.05, 3.63) is 74.8 Å². The Morgan fingerprint density at radius 1 is 1.19 bits per heavy atom. The third-order valence-corrected chi connectivity index (χ3v) is 5.94. The van der Waals surface area contributed by atoms with Crippen molar-refractivity contribution in [2.75, 3.05) is 25.6 Å². The maximum atomic E-state index is 12.7. The summed E-state index contributed by atoms with van der Waals surface area (Å²) in [5.41, 5.74) is 8.31. The number of allylic oxidation sites excluding steroid dienone is 2. The first kappa shape index (κ1) is 26.6. The van der Waals surface area contributed by atoms with Crippen molar-refractivity contribution in [2.45, 2.75) is 26.7 Å². The Balaban J connectivity index is 1.86. The number of aryl methyl sites for hydroxylation is 1. The minimum absolute atomic E-state index is 0.0728. The number of benzene rings is 2. The van der Waals surface area contributed by atoms with Gasteiger partial charge in [-0.05, 0) is 62.2 Å². The van der Waals surface area contributed by atoms with Gasteiger partial charge in [0.15, 0.2) is 18.1 Å². The van der Waals surface area contributed by atoms with Crippen LogP contribution >= 0.6 is 15.9 Å². The van der Waals surface area contributed by atoms with Crippen LogP contribution in [-0.2, 0) is 19.1 Å². The molecule has 1 heterocycles. The van der Waals surface area contributed by atoms with Gasteiger partial charge in [0.2, 0.25) is 5.88 Å².